The van der Waals surface area contributed by atoms with Crippen LogP contribution in [0.15, 0.2) is 47.1 Å². The molecule has 0 amide bonds. The van der Waals surface area contributed by atoms with Gasteiger partial charge < -0.3 is 14.4 Å². The van der Waals surface area contributed by atoms with Crippen molar-refractivity contribution in [1.82, 2.24) is 19.7 Å². The summed E-state index contributed by atoms with van der Waals surface area (Å²) >= 11 is 0. The zero-order valence-electron chi connectivity index (χ0n) is 13.5. The second-order valence-corrected chi connectivity index (χ2v) is 6.13. The largest absolute Gasteiger partial charge is 0.423 e. The highest BCUT2D eigenvalue weighted by atomic mass is 16.4. The number of piperazine rings is 1. The van der Waals surface area contributed by atoms with Crippen LogP contribution in [0.25, 0.3) is 11.1 Å². The van der Waals surface area contributed by atoms with E-state index in [1.54, 1.807) is 10.9 Å². The van der Waals surface area contributed by atoms with Crippen molar-refractivity contribution in [3.05, 3.63) is 42.7 Å². The fraction of sp³-hybridized carbons (Fsp3) is 0.412. The van der Waals surface area contributed by atoms with Crippen molar-refractivity contribution in [2.75, 3.05) is 37.6 Å². The van der Waals surface area contributed by atoms with Gasteiger partial charge in [-0.25, -0.2) is 0 Å². The molecule has 3 heterocycles. The number of aliphatic hydroxyl groups excluding tert-OH is 1. The van der Waals surface area contributed by atoms with Crippen LogP contribution in [0.3, 0.4) is 0 Å². The van der Waals surface area contributed by atoms with Crippen molar-refractivity contribution in [2.45, 2.75) is 12.6 Å². The first-order valence-electron chi connectivity index (χ1n) is 8.26. The van der Waals surface area contributed by atoms with Gasteiger partial charge in [0.25, 0.3) is 6.01 Å². The third-order valence-corrected chi connectivity index (χ3v) is 4.35. The first-order valence-corrected chi connectivity index (χ1v) is 8.26. The maximum atomic E-state index is 10.2. The standard InChI is InChI=1S/C17H21N5O2/c23-14(13-22-7-3-6-18-22)12-20-8-10-21(11-9-20)17-19-15-4-1-2-5-16(15)24-17/h1-7,14,23H,8-13H2/t14-/m1/s1. The lowest BCUT2D eigenvalue weighted by atomic mass is 10.2. The second kappa shape index (κ2) is 6.62. The van der Waals surface area contributed by atoms with Gasteiger partial charge in [0, 0.05) is 45.1 Å². The summed E-state index contributed by atoms with van der Waals surface area (Å²) in [6.07, 6.45) is 3.18. The van der Waals surface area contributed by atoms with Crippen LogP contribution in [0.5, 0.6) is 0 Å². The molecule has 1 atom stereocenters. The Balaban J connectivity index is 1.31. The molecule has 0 unspecified atom stereocenters. The van der Waals surface area contributed by atoms with Crippen LogP contribution in [0.1, 0.15) is 0 Å². The van der Waals surface area contributed by atoms with E-state index in [0.29, 0.717) is 19.1 Å². The number of hydrogen-bond acceptors (Lipinski definition) is 6. The van der Waals surface area contributed by atoms with Gasteiger partial charge in [-0.2, -0.15) is 10.1 Å². The Hall–Kier alpha value is -2.38. The molecule has 2 aromatic heterocycles. The fourth-order valence-corrected chi connectivity index (χ4v) is 3.10. The first kappa shape index (κ1) is 15.2. The zero-order chi connectivity index (χ0) is 16.4. The van der Waals surface area contributed by atoms with Crippen LogP contribution >= 0.6 is 0 Å². The summed E-state index contributed by atoms with van der Waals surface area (Å²) < 4.78 is 7.59. The molecule has 7 nitrogen and oxygen atoms in total. The molecule has 24 heavy (non-hydrogen) atoms. The number of aliphatic hydroxyl groups is 1. The third kappa shape index (κ3) is 3.27. The maximum Gasteiger partial charge on any atom is 0.298 e. The van der Waals surface area contributed by atoms with Crippen molar-refractivity contribution in [3.63, 3.8) is 0 Å². The lowest BCUT2D eigenvalue weighted by Crippen LogP contribution is -2.49. The number of hydrogen-bond donors (Lipinski definition) is 1. The summed E-state index contributed by atoms with van der Waals surface area (Å²) in [6.45, 7) is 4.64. The average molecular weight is 327 g/mol. The molecular weight excluding hydrogens is 306 g/mol. The molecule has 1 aliphatic heterocycles. The molecule has 4 rings (SSSR count). The topological polar surface area (TPSA) is 70.6 Å². The van der Waals surface area contributed by atoms with Crippen molar-refractivity contribution >= 4 is 17.1 Å². The van der Waals surface area contributed by atoms with Crippen molar-refractivity contribution < 1.29 is 9.52 Å². The lowest BCUT2D eigenvalue weighted by molar-refractivity contribution is 0.0916. The van der Waals surface area contributed by atoms with E-state index in [4.69, 9.17) is 4.42 Å². The van der Waals surface area contributed by atoms with E-state index < -0.39 is 6.10 Å². The molecule has 0 aliphatic carbocycles. The summed E-state index contributed by atoms with van der Waals surface area (Å²) in [6, 6.07) is 10.4. The Morgan fingerprint density at radius 3 is 2.67 bits per heavy atom. The highest BCUT2D eigenvalue weighted by molar-refractivity contribution is 5.74. The Morgan fingerprint density at radius 1 is 1.08 bits per heavy atom. The number of β-amino-alcohol motifs (C(OH)–C–C–N with tert-alkyl or cyclic N) is 1. The quantitative estimate of drug-likeness (QED) is 0.759. The van der Waals surface area contributed by atoms with Crippen molar-refractivity contribution in [3.8, 4) is 0 Å². The summed E-state index contributed by atoms with van der Waals surface area (Å²) in [5, 5.41) is 14.3. The Labute approximate surface area is 140 Å². The second-order valence-electron chi connectivity index (χ2n) is 6.13. The molecule has 3 aromatic rings. The average Bonchev–Trinajstić information content (AvgIpc) is 3.24. The van der Waals surface area contributed by atoms with Crippen LogP contribution in [0.2, 0.25) is 0 Å². The number of oxazole rings is 1. The molecule has 0 saturated carbocycles. The van der Waals surface area contributed by atoms with E-state index >= 15 is 0 Å². The molecule has 1 saturated heterocycles. The Kier molecular flexibility index (Phi) is 4.18. The lowest BCUT2D eigenvalue weighted by Gasteiger charge is -2.34. The molecule has 0 radical (unpaired) electrons. The minimum Gasteiger partial charge on any atom is -0.423 e. The number of fused-ring (bicyclic) bond motifs is 1. The van der Waals surface area contributed by atoms with Gasteiger partial charge in [-0.3, -0.25) is 9.58 Å². The van der Waals surface area contributed by atoms with Gasteiger partial charge >= 0.3 is 0 Å². The highest BCUT2D eigenvalue weighted by Crippen LogP contribution is 2.22. The van der Waals surface area contributed by atoms with Crippen LogP contribution in [0, 0.1) is 0 Å². The van der Waals surface area contributed by atoms with Gasteiger partial charge in [0.05, 0.1) is 12.6 Å². The van der Waals surface area contributed by atoms with Crippen molar-refractivity contribution in [2.24, 2.45) is 0 Å². The third-order valence-electron chi connectivity index (χ3n) is 4.35. The van der Waals surface area contributed by atoms with Gasteiger partial charge in [0.2, 0.25) is 0 Å². The highest BCUT2D eigenvalue weighted by Gasteiger charge is 2.22. The van der Waals surface area contributed by atoms with Crippen LogP contribution in [-0.2, 0) is 6.54 Å². The van der Waals surface area contributed by atoms with E-state index in [9.17, 15) is 5.11 Å². The van der Waals surface area contributed by atoms with Crippen LogP contribution in [0.4, 0.5) is 6.01 Å². The maximum absolute atomic E-state index is 10.2. The number of benzene rings is 1. The molecule has 126 valence electrons. The summed E-state index contributed by atoms with van der Waals surface area (Å²) in [5.41, 5.74) is 1.72. The normalized spacial score (nSPS) is 17.5. The molecule has 1 N–H and O–H groups in total. The smallest absolute Gasteiger partial charge is 0.298 e. The van der Waals surface area contributed by atoms with Gasteiger partial charge in [-0.15, -0.1) is 0 Å². The molecule has 1 fully saturated rings. The molecule has 0 bridgehead atoms. The van der Waals surface area contributed by atoms with E-state index in [0.717, 1.165) is 37.3 Å². The predicted molar refractivity (Wildman–Crippen MR) is 90.9 cm³/mol. The predicted octanol–water partition coefficient (Wildman–Crippen LogP) is 1.21. The summed E-state index contributed by atoms with van der Waals surface area (Å²) in [7, 11) is 0. The zero-order valence-corrected chi connectivity index (χ0v) is 13.5. The monoisotopic (exact) mass is 327 g/mol. The van der Waals surface area contributed by atoms with E-state index in [1.165, 1.54) is 0 Å². The Bertz CT molecular complexity index is 744. The van der Waals surface area contributed by atoms with Gasteiger partial charge in [-0.05, 0) is 18.2 Å². The number of aromatic nitrogens is 3. The number of para-hydroxylation sites is 2. The molecule has 1 aromatic carbocycles. The van der Waals surface area contributed by atoms with E-state index in [2.05, 4.69) is 19.9 Å². The minimum absolute atomic E-state index is 0.416. The van der Waals surface area contributed by atoms with E-state index in [-0.39, 0.29) is 0 Å². The van der Waals surface area contributed by atoms with Crippen LogP contribution in [-0.4, -0.2) is 63.6 Å². The number of anilines is 1. The molecular formula is C17H21N5O2. The molecule has 1 aliphatic rings. The molecule has 7 heteroatoms. The van der Waals surface area contributed by atoms with Gasteiger partial charge in [0.1, 0.15) is 5.52 Å². The first-order chi connectivity index (χ1) is 11.8. The summed E-state index contributed by atoms with van der Waals surface area (Å²) in [5.74, 6) is 0. The van der Waals surface area contributed by atoms with Gasteiger partial charge in [0.15, 0.2) is 5.58 Å². The molecule has 0 spiro atoms. The van der Waals surface area contributed by atoms with Crippen molar-refractivity contribution in [1.29, 1.82) is 0 Å². The fourth-order valence-electron chi connectivity index (χ4n) is 3.10. The van der Waals surface area contributed by atoms with E-state index in [1.807, 2.05) is 36.5 Å². The minimum atomic E-state index is -0.416. The number of nitrogens with zero attached hydrogens (tertiary/aromatic N) is 5. The Morgan fingerprint density at radius 2 is 1.92 bits per heavy atom. The van der Waals surface area contributed by atoms with Crippen LogP contribution < -0.4 is 4.90 Å². The summed E-state index contributed by atoms with van der Waals surface area (Å²) in [4.78, 5) is 8.99. The van der Waals surface area contributed by atoms with Gasteiger partial charge in [-0.1, -0.05) is 12.1 Å². The SMILES string of the molecule is O[C@H](CN1CCN(c2nc3ccccc3o2)CC1)Cn1cccn1. The number of rotatable bonds is 5.